The molecule has 1 radical (unpaired) electrons. The van der Waals surface area contributed by atoms with E-state index >= 15 is 0 Å². The summed E-state index contributed by atoms with van der Waals surface area (Å²) in [6.07, 6.45) is 3.09. The third-order valence-electron chi connectivity index (χ3n) is 8.20. The molecule has 1 N–H and O–H groups in total. The molecule has 0 amide bonds. The van der Waals surface area contributed by atoms with E-state index in [0.717, 1.165) is 25.9 Å². The number of allylic oxidation sites excluding steroid dienone is 2. The molecule has 8 rings (SSSR count). The third-order valence-corrected chi connectivity index (χ3v) is 11.4. The molecule has 0 bridgehead atoms. The minimum atomic E-state index is -0.125. The van der Waals surface area contributed by atoms with Crippen LogP contribution < -0.4 is 0 Å². The van der Waals surface area contributed by atoms with E-state index < -0.39 is 0 Å². The van der Waals surface area contributed by atoms with E-state index in [2.05, 4.69) is 158 Å². The number of aliphatic hydroxyl groups excluding tert-OH is 1. The summed E-state index contributed by atoms with van der Waals surface area (Å²) >= 11 is 5.35. The van der Waals surface area contributed by atoms with Gasteiger partial charge in [-0.2, -0.15) is 0 Å². The molecule has 0 aliphatic rings. The molecular formula is C46H34IrNO2S3-. The Hall–Kier alpha value is -4.62. The van der Waals surface area contributed by atoms with Crippen molar-refractivity contribution >= 4 is 73.4 Å². The Morgan fingerprint density at radius 3 is 1.55 bits per heavy atom. The van der Waals surface area contributed by atoms with Crippen molar-refractivity contribution in [1.29, 1.82) is 0 Å². The monoisotopic (exact) mass is 921 g/mol. The minimum Gasteiger partial charge on any atom is -0.512 e. The van der Waals surface area contributed by atoms with Crippen LogP contribution in [0, 0.1) is 6.07 Å². The maximum absolute atomic E-state index is 10.0. The Labute approximate surface area is 336 Å². The second-order valence-electron chi connectivity index (χ2n) is 12.1. The van der Waals surface area contributed by atoms with Crippen molar-refractivity contribution in [3.05, 3.63) is 176 Å². The number of hydrogen-bond acceptors (Lipinski definition) is 6. The van der Waals surface area contributed by atoms with E-state index in [-0.39, 0.29) is 31.6 Å². The van der Waals surface area contributed by atoms with Crippen molar-refractivity contribution in [2.75, 3.05) is 0 Å². The summed E-state index contributed by atoms with van der Waals surface area (Å²) in [6, 6.07) is 57.6. The Bertz CT molecular complexity index is 2570. The van der Waals surface area contributed by atoms with Gasteiger partial charge in [0.05, 0.1) is 5.76 Å². The van der Waals surface area contributed by atoms with Crippen molar-refractivity contribution in [1.82, 2.24) is 4.98 Å². The van der Waals surface area contributed by atoms with E-state index in [9.17, 15) is 4.79 Å². The molecule has 0 saturated heterocycles. The van der Waals surface area contributed by atoms with Gasteiger partial charge >= 0.3 is 0 Å². The number of nitrogens with zero attached hydrogens (tertiary/aromatic N) is 1. The second-order valence-corrected chi connectivity index (χ2v) is 15.4. The number of carbonyl (C=O) groups excluding carboxylic acids is 1. The Morgan fingerprint density at radius 1 is 0.585 bits per heavy atom. The topological polar surface area (TPSA) is 50.2 Å². The van der Waals surface area contributed by atoms with Crippen molar-refractivity contribution in [3.8, 4) is 11.3 Å². The van der Waals surface area contributed by atoms with Crippen molar-refractivity contribution in [2.45, 2.75) is 43.2 Å². The first-order valence-corrected chi connectivity index (χ1v) is 19.2. The first kappa shape index (κ1) is 38.1. The summed E-state index contributed by atoms with van der Waals surface area (Å²) in [5, 5.41) is 15.9. The van der Waals surface area contributed by atoms with Crippen LogP contribution in [-0.2, 0) is 24.9 Å². The fraction of sp³-hybridized carbons (Fsp3) is 0.0435. The molecule has 0 unspecified atom stereocenters. The van der Waals surface area contributed by atoms with E-state index in [1.54, 1.807) is 35.3 Å². The number of carbonyl (C=O) groups is 1. The quantitative estimate of drug-likeness (QED) is 0.0931. The number of ketones is 1. The van der Waals surface area contributed by atoms with Gasteiger partial charge in [0, 0.05) is 52.0 Å². The van der Waals surface area contributed by atoms with E-state index in [1.165, 1.54) is 66.9 Å². The van der Waals surface area contributed by atoms with Gasteiger partial charge in [0.15, 0.2) is 5.78 Å². The zero-order chi connectivity index (χ0) is 35.9. The average molecular weight is 921 g/mol. The molecule has 0 atom stereocenters. The van der Waals surface area contributed by atoms with Gasteiger partial charge in [0.1, 0.15) is 0 Å². The molecule has 263 valence electrons. The van der Waals surface area contributed by atoms with Crippen LogP contribution in [0.25, 0.3) is 43.6 Å². The standard InChI is InChI=1S/C41H26NS3.C5H8O2.Ir/c1-4-16-33-28(10-1)13-7-19-38(33)43-31-22-23-36(41(27-31)45-40-21-9-15-30-12-3-6-18-35(30)40)37-26-32(24-25-42-37)44-39-20-8-14-29-11-2-5-17-34(29)39;1-4(6)3-5(2)7;/h1-22,24-27H;3,6H,1-2H3;/q-1;;/b;4-3-;. The molecule has 1 heterocycles. The number of aromatic nitrogens is 1. The second kappa shape index (κ2) is 17.9. The van der Waals surface area contributed by atoms with Gasteiger partial charge in [-0.1, -0.05) is 137 Å². The number of fused-ring (bicyclic) bond motifs is 3. The number of rotatable bonds is 8. The zero-order valence-electron chi connectivity index (χ0n) is 28.9. The summed E-state index contributed by atoms with van der Waals surface area (Å²) in [4.78, 5) is 22.0. The molecule has 7 heteroatoms. The Kier molecular flexibility index (Phi) is 12.9. The molecule has 0 spiro atoms. The summed E-state index contributed by atoms with van der Waals surface area (Å²) in [7, 11) is 0. The van der Waals surface area contributed by atoms with Gasteiger partial charge in [0.25, 0.3) is 0 Å². The number of benzene rings is 7. The first-order chi connectivity index (χ1) is 25.4. The number of pyridine rings is 1. The predicted octanol–water partition coefficient (Wildman–Crippen LogP) is 13.5. The van der Waals surface area contributed by atoms with Crippen LogP contribution in [0.5, 0.6) is 0 Å². The Morgan fingerprint density at radius 2 is 1.06 bits per heavy atom. The molecule has 7 aromatic carbocycles. The van der Waals surface area contributed by atoms with Crippen LogP contribution in [0.3, 0.4) is 0 Å². The SMILES string of the molecule is CC(=O)/C=C(/C)O.[Ir].[c-]1cc(Sc2cccc3ccccc23)cc(Sc2cccc3ccccc23)c1-c1cc(Sc2cccc3ccccc23)ccn1. The van der Waals surface area contributed by atoms with Crippen molar-refractivity contribution in [3.63, 3.8) is 0 Å². The first-order valence-electron chi connectivity index (χ1n) is 16.8. The number of aliphatic hydroxyl groups is 1. The fourth-order valence-electron chi connectivity index (χ4n) is 5.93. The maximum atomic E-state index is 10.0. The van der Waals surface area contributed by atoms with E-state index in [1.807, 2.05) is 6.20 Å². The molecule has 0 saturated carbocycles. The molecular weight excluding hydrogens is 887 g/mol. The van der Waals surface area contributed by atoms with Crippen LogP contribution in [0.4, 0.5) is 0 Å². The van der Waals surface area contributed by atoms with E-state index in [4.69, 9.17) is 10.1 Å². The van der Waals surface area contributed by atoms with Crippen LogP contribution in [0.15, 0.2) is 199 Å². The molecule has 8 aromatic rings. The third kappa shape index (κ3) is 9.49. The van der Waals surface area contributed by atoms with Gasteiger partial charge < -0.3 is 10.1 Å². The molecule has 1 aromatic heterocycles. The van der Waals surface area contributed by atoms with Gasteiger partial charge in [-0.3, -0.25) is 4.79 Å². The Balaban J connectivity index is 0.000000549. The van der Waals surface area contributed by atoms with Crippen LogP contribution in [-0.4, -0.2) is 15.9 Å². The fourth-order valence-corrected chi connectivity index (χ4v) is 9.12. The normalized spacial score (nSPS) is 11.2. The minimum absolute atomic E-state index is 0. The predicted molar refractivity (Wildman–Crippen MR) is 220 cm³/mol. The molecule has 3 nitrogen and oxygen atoms in total. The summed E-state index contributed by atoms with van der Waals surface area (Å²) < 4.78 is 0. The average Bonchev–Trinajstić information content (AvgIpc) is 3.15. The smallest absolute Gasteiger partial charge is 0.155 e. The molecule has 0 aliphatic carbocycles. The van der Waals surface area contributed by atoms with Gasteiger partial charge in [-0.25, -0.2) is 0 Å². The van der Waals surface area contributed by atoms with E-state index in [0.29, 0.717) is 0 Å². The number of hydrogen-bond donors (Lipinski definition) is 1. The summed E-state index contributed by atoms with van der Waals surface area (Å²) in [6.45, 7) is 2.85. The van der Waals surface area contributed by atoms with Crippen molar-refractivity contribution < 1.29 is 30.0 Å². The van der Waals surface area contributed by atoms with Gasteiger partial charge in [-0.05, 0) is 76.1 Å². The maximum Gasteiger partial charge on any atom is 0.155 e. The van der Waals surface area contributed by atoms with Crippen LogP contribution in [0.2, 0.25) is 0 Å². The summed E-state index contributed by atoms with van der Waals surface area (Å²) in [5.41, 5.74) is 1.93. The molecule has 53 heavy (non-hydrogen) atoms. The van der Waals surface area contributed by atoms with Crippen molar-refractivity contribution in [2.24, 2.45) is 0 Å². The van der Waals surface area contributed by atoms with Gasteiger partial charge in [0.2, 0.25) is 0 Å². The van der Waals surface area contributed by atoms with Gasteiger partial charge in [-0.15, -0.1) is 47.3 Å². The zero-order valence-corrected chi connectivity index (χ0v) is 33.8. The van der Waals surface area contributed by atoms with Crippen LogP contribution >= 0.6 is 35.3 Å². The largest absolute Gasteiger partial charge is 0.512 e. The molecule has 0 fully saturated rings. The summed E-state index contributed by atoms with van der Waals surface area (Å²) in [5.74, 6) is -0.0625. The van der Waals surface area contributed by atoms with Crippen LogP contribution in [0.1, 0.15) is 13.8 Å². The molecule has 0 aliphatic heterocycles.